The number of nitrogens with zero attached hydrogens (tertiary/aromatic N) is 1. The van der Waals surface area contributed by atoms with Crippen molar-refractivity contribution in [3.05, 3.63) is 66.2 Å². The molecule has 0 saturated carbocycles. The van der Waals surface area contributed by atoms with E-state index in [1.54, 1.807) is 0 Å². The van der Waals surface area contributed by atoms with E-state index in [-0.39, 0.29) is 6.61 Å². The summed E-state index contributed by atoms with van der Waals surface area (Å²) < 4.78 is 4.94. The smallest absolute Gasteiger partial charge is 0.404 e. The van der Waals surface area contributed by atoms with Gasteiger partial charge in [0.05, 0.1) is 11.2 Å². The zero-order chi connectivity index (χ0) is 14.7. The largest absolute Gasteiger partial charge is 0.445 e. The first kappa shape index (κ1) is 13.1. The highest BCUT2D eigenvalue weighted by atomic mass is 16.5. The minimum absolute atomic E-state index is 0.109. The van der Waals surface area contributed by atoms with E-state index >= 15 is 0 Å². The summed E-state index contributed by atoms with van der Waals surface area (Å²) in [6, 6.07) is 19.6. The molecule has 2 aromatic carbocycles. The maximum Gasteiger partial charge on any atom is 0.404 e. The van der Waals surface area contributed by atoms with E-state index < -0.39 is 6.09 Å². The van der Waals surface area contributed by atoms with Crippen molar-refractivity contribution < 1.29 is 9.53 Å². The van der Waals surface area contributed by atoms with Crippen LogP contribution in [0.5, 0.6) is 0 Å². The summed E-state index contributed by atoms with van der Waals surface area (Å²) in [6.07, 6.45) is -0.790. The Morgan fingerprint density at radius 3 is 2.52 bits per heavy atom. The number of amides is 1. The Balaban J connectivity index is 2.14. The van der Waals surface area contributed by atoms with Crippen LogP contribution in [0.2, 0.25) is 0 Å². The highest BCUT2D eigenvalue weighted by molar-refractivity contribution is 5.83. The van der Waals surface area contributed by atoms with Gasteiger partial charge in [-0.3, -0.25) is 0 Å². The van der Waals surface area contributed by atoms with E-state index in [4.69, 9.17) is 15.5 Å². The van der Waals surface area contributed by atoms with Gasteiger partial charge in [-0.05, 0) is 12.1 Å². The Morgan fingerprint density at radius 1 is 1.05 bits per heavy atom. The molecule has 0 aliphatic heterocycles. The lowest BCUT2D eigenvalue weighted by Crippen LogP contribution is -2.13. The molecule has 1 amide bonds. The average Bonchev–Trinajstić information content (AvgIpc) is 2.53. The van der Waals surface area contributed by atoms with E-state index in [9.17, 15) is 4.79 Å². The predicted molar refractivity (Wildman–Crippen MR) is 81.6 cm³/mol. The molecule has 21 heavy (non-hydrogen) atoms. The van der Waals surface area contributed by atoms with Crippen LogP contribution in [0.15, 0.2) is 60.7 Å². The molecule has 3 rings (SSSR count). The van der Waals surface area contributed by atoms with Crippen LogP contribution in [0.3, 0.4) is 0 Å². The molecular formula is C17H14N2O2. The lowest BCUT2D eigenvalue weighted by atomic mass is 10.0. The molecule has 0 aliphatic rings. The molecule has 0 spiro atoms. The van der Waals surface area contributed by atoms with Crippen molar-refractivity contribution in [2.24, 2.45) is 5.73 Å². The quantitative estimate of drug-likeness (QED) is 0.797. The molecule has 0 fully saturated rings. The molecule has 0 unspecified atom stereocenters. The zero-order valence-electron chi connectivity index (χ0n) is 11.3. The third kappa shape index (κ3) is 2.84. The fourth-order valence-corrected chi connectivity index (χ4v) is 2.26. The fraction of sp³-hybridized carbons (Fsp3) is 0.0588. The second-order valence-electron chi connectivity index (χ2n) is 4.66. The second-order valence-corrected chi connectivity index (χ2v) is 4.66. The third-order valence-electron chi connectivity index (χ3n) is 3.22. The van der Waals surface area contributed by atoms with Gasteiger partial charge in [-0.15, -0.1) is 0 Å². The number of aromatic nitrogens is 1. The summed E-state index contributed by atoms with van der Waals surface area (Å²) in [5.41, 5.74) is 8.57. The summed E-state index contributed by atoms with van der Waals surface area (Å²) in [5.74, 6) is 0. The molecule has 0 radical (unpaired) electrons. The average molecular weight is 278 g/mol. The summed E-state index contributed by atoms with van der Waals surface area (Å²) in [7, 11) is 0. The van der Waals surface area contributed by atoms with Crippen molar-refractivity contribution >= 4 is 17.0 Å². The summed E-state index contributed by atoms with van der Waals surface area (Å²) in [5, 5.41) is 1.00. The van der Waals surface area contributed by atoms with Crippen molar-refractivity contribution in [3.8, 4) is 11.3 Å². The molecule has 1 heterocycles. The molecule has 0 saturated heterocycles. The van der Waals surface area contributed by atoms with Crippen molar-refractivity contribution in [3.63, 3.8) is 0 Å². The standard InChI is InChI=1S/C17H14N2O2/c18-17(20)21-11-14-10-13-8-4-5-9-15(13)19-16(14)12-6-2-1-3-7-12/h1-10H,11H2,(H2,18,20). The number of hydrogen-bond acceptors (Lipinski definition) is 3. The van der Waals surface area contributed by atoms with Gasteiger partial charge in [0.1, 0.15) is 6.61 Å². The van der Waals surface area contributed by atoms with Crippen molar-refractivity contribution in [1.29, 1.82) is 0 Å². The summed E-state index contributed by atoms with van der Waals surface area (Å²) in [6.45, 7) is 0.109. The van der Waals surface area contributed by atoms with E-state index in [1.807, 2.05) is 60.7 Å². The Morgan fingerprint density at radius 2 is 1.76 bits per heavy atom. The van der Waals surface area contributed by atoms with Crippen LogP contribution < -0.4 is 5.73 Å². The lowest BCUT2D eigenvalue weighted by molar-refractivity contribution is 0.150. The number of carbonyl (C=O) groups excluding carboxylic acids is 1. The van der Waals surface area contributed by atoms with Crippen molar-refractivity contribution in [2.75, 3.05) is 0 Å². The Labute approximate surface area is 122 Å². The Kier molecular flexibility index (Phi) is 3.51. The van der Waals surface area contributed by atoms with Crippen LogP contribution in [-0.2, 0) is 11.3 Å². The van der Waals surface area contributed by atoms with Crippen molar-refractivity contribution in [1.82, 2.24) is 4.98 Å². The number of rotatable bonds is 3. The summed E-state index contributed by atoms with van der Waals surface area (Å²) >= 11 is 0. The zero-order valence-corrected chi connectivity index (χ0v) is 11.3. The monoisotopic (exact) mass is 278 g/mol. The van der Waals surface area contributed by atoms with Crippen LogP contribution in [0.25, 0.3) is 22.2 Å². The number of para-hydroxylation sites is 1. The molecule has 1 aromatic heterocycles. The first-order chi connectivity index (χ1) is 10.2. The molecule has 4 nitrogen and oxygen atoms in total. The highest BCUT2D eigenvalue weighted by Crippen LogP contribution is 2.26. The first-order valence-electron chi connectivity index (χ1n) is 6.60. The van der Waals surface area contributed by atoms with Crippen LogP contribution in [0.1, 0.15) is 5.56 Å². The molecule has 3 aromatic rings. The number of fused-ring (bicyclic) bond motifs is 1. The van der Waals surface area contributed by atoms with Gasteiger partial charge in [-0.1, -0.05) is 48.5 Å². The highest BCUT2D eigenvalue weighted by Gasteiger charge is 2.10. The first-order valence-corrected chi connectivity index (χ1v) is 6.60. The molecule has 4 heteroatoms. The van der Waals surface area contributed by atoms with Gasteiger partial charge in [0.15, 0.2) is 0 Å². The molecular weight excluding hydrogens is 264 g/mol. The Hall–Kier alpha value is -2.88. The van der Waals surface area contributed by atoms with Gasteiger partial charge in [0.25, 0.3) is 0 Å². The van der Waals surface area contributed by atoms with Gasteiger partial charge in [0, 0.05) is 16.5 Å². The maximum absolute atomic E-state index is 10.9. The third-order valence-corrected chi connectivity index (χ3v) is 3.22. The van der Waals surface area contributed by atoms with Crippen LogP contribution in [-0.4, -0.2) is 11.1 Å². The second kappa shape index (κ2) is 5.63. The number of carbonyl (C=O) groups is 1. The van der Waals surface area contributed by atoms with E-state index in [2.05, 4.69) is 0 Å². The summed E-state index contributed by atoms with van der Waals surface area (Å²) in [4.78, 5) is 15.6. The van der Waals surface area contributed by atoms with E-state index in [0.717, 1.165) is 27.7 Å². The lowest BCUT2D eigenvalue weighted by Gasteiger charge is -2.11. The maximum atomic E-state index is 10.9. The number of pyridine rings is 1. The number of benzene rings is 2. The van der Waals surface area contributed by atoms with Crippen LogP contribution >= 0.6 is 0 Å². The minimum atomic E-state index is -0.790. The number of hydrogen-bond donors (Lipinski definition) is 1. The normalized spacial score (nSPS) is 10.5. The molecule has 2 N–H and O–H groups in total. The van der Waals surface area contributed by atoms with Gasteiger partial charge < -0.3 is 10.5 Å². The molecule has 0 bridgehead atoms. The Bertz CT molecular complexity index is 785. The van der Waals surface area contributed by atoms with Crippen LogP contribution in [0, 0.1) is 0 Å². The predicted octanol–water partition coefficient (Wildman–Crippen LogP) is 3.50. The molecule has 0 aliphatic carbocycles. The number of primary amides is 1. The van der Waals surface area contributed by atoms with Gasteiger partial charge in [-0.2, -0.15) is 0 Å². The van der Waals surface area contributed by atoms with Gasteiger partial charge >= 0.3 is 6.09 Å². The molecule has 0 atom stereocenters. The minimum Gasteiger partial charge on any atom is -0.445 e. The van der Waals surface area contributed by atoms with Gasteiger partial charge in [-0.25, -0.2) is 9.78 Å². The van der Waals surface area contributed by atoms with Crippen LogP contribution in [0.4, 0.5) is 4.79 Å². The fourth-order valence-electron chi connectivity index (χ4n) is 2.26. The van der Waals surface area contributed by atoms with Gasteiger partial charge in [0.2, 0.25) is 0 Å². The number of nitrogens with two attached hydrogens (primary N) is 1. The topological polar surface area (TPSA) is 65.2 Å². The molecule has 104 valence electrons. The van der Waals surface area contributed by atoms with Crippen molar-refractivity contribution in [2.45, 2.75) is 6.61 Å². The van der Waals surface area contributed by atoms with E-state index in [0.29, 0.717) is 0 Å². The SMILES string of the molecule is NC(=O)OCc1cc2ccccc2nc1-c1ccccc1. The van der Waals surface area contributed by atoms with E-state index in [1.165, 1.54) is 0 Å². The number of ether oxygens (including phenoxy) is 1.